The molecule has 1 spiro atoms. The third-order valence-electron chi connectivity index (χ3n) is 5.01. The van der Waals surface area contributed by atoms with Crippen LogP contribution in [0.2, 0.25) is 0 Å². The van der Waals surface area contributed by atoms with E-state index in [-0.39, 0.29) is 11.5 Å². The summed E-state index contributed by atoms with van der Waals surface area (Å²) in [5.74, 6) is 1.50. The Morgan fingerprint density at radius 3 is 3.04 bits per heavy atom. The van der Waals surface area contributed by atoms with Gasteiger partial charge < -0.3 is 19.3 Å². The third kappa shape index (κ3) is 3.87. The zero-order valence-corrected chi connectivity index (χ0v) is 14.6. The number of nitrogens with zero attached hydrogens (tertiary/aromatic N) is 3. The molecule has 3 rings (SSSR count). The molecule has 3 heterocycles. The highest BCUT2D eigenvalue weighted by Crippen LogP contribution is 2.41. The predicted molar refractivity (Wildman–Crippen MR) is 90.9 cm³/mol. The largest absolute Gasteiger partial charge is 0.492 e. The lowest BCUT2D eigenvalue weighted by Crippen LogP contribution is -2.66. The molecule has 1 aromatic rings. The van der Waals surface area contributed by atoms with Gasteiger partial charge in [0.25, 0.3) is 0 Å². The second-order valence-electron chi connectivity index (χ2n) is 7.03. The van der Waals surface area contributed by atoms with Crippen molar-refractivity contribution in [3.63, 3.8) is 0 Å². The molecule has 6 heteroatoms. The average Bonchev–Trinajstić information content (AvgIpc) is 2.96. The van der Waals surface area contributed by atoms with Gasteiger partial charge in [0.1, 0.15) is 11.4 Å². The van der Waals surface area contributed by atoms with E-state index in [4.69, 9.17) is 9.47 Å². The van der Waals surface area contributed by atoms with Crippen molar-refractivity contribution >= 4 is 5.91 Å². The summed E-state index contributed by atoms with van der Waals surface area (Å²) >= 11 is 0. The minimum atomic E-state index is -0.133. The van der Waals surface area contributed by atoms with Gasteiger partial charge in [-0.25, -0.2) is 0 Å². The highest BCUT2D eigenvalue weighted by atomic mass is 16.5. The van der Waals surface area contributed by atoms with Crippen molar-refractivity contribution in [1.29, 1.82) is 0 Å². The van der Waals surface area contributed by atoms with Crippen LogP contribution in [-0.2, 0) is 9.53 Å². The van der Waals surface area contributed by atoms with Crippen LogP contribution in [-0.4, -0.2) is 73.2 Å². The number of hydrogen-bond acceptors (Lipinski definition) is 5. The van der Waals surface area contributed by atoms with E-state index in [1.54, 1.807) is 12.4 Å². The first-order valence-corrected chi connectivity index (χ1v) is 8.68. The maximum absolute atomic E-state index is 12.2. The van der Waals surface area contributed by atoms with Crippen molar-refractivity contribution in [1.82, 2.24) is 14.8 Å². The summed E-state index contributed by atoms with van der Waals surface area (Å²) in [6, 6.07) is 3.79. The van der Waals surface area contributed by atoms with Gasteiger partial charge in [-0.2, -0.15) is 0 Å². The lowest BCUT2D eigenvalue weighted by Gasteiger charge is -2.50. The molecule has 1 atom stereocenters. The molecule has 0 radical (unpaired) electrons. The fourth-order valence-electron chi connectivity index (χ4n) is 3.55. The normalized spacial score (nSPS) is 22.0. The second-order valence-corrected chi connectivity index (χ2v) is 7.03. The number of pyridine rings is 1. The maximum Gasteiger partial charge on any atom is 0.224 e. The highest BCUT2D eigenvalue weighted by molar-refractivity contribution is 5.77. The summed E-state index contributed by atoms with van der Waals surface area (Å²) < 4.78 is 11.8. The Kier molecular flexibility index (Phi) is 5.36. The number of aromatic nitrogens is 1. The van der Waals surface area contributed by atoms with E-state index in [9.17, 15) is 4.79 Å². The van der Waals surface area contributed by atoms with Crippen molar-refractivity contribution in [2.75, 3.05) is 46.9 Å². The number of carbonyl (C=O) groups excluding carboxylic acids is 1. The summed E-state index contributed by atoms with van der Waals surface area (Å²) in [6.07, 6.45) is 6.06. The van der Waals surface area contributed by atoms with Crippen LogP contribution in [0.5, 0.6) is 5.75 Å². The zero-order valence-electron chi connectivity index (χ0n) is 14.6. The number of rotatable bonds is 7. The van der Waals surface area contributed by atoms with Gasteiger partial charge >= 0.3 is 0 Å². The molecule has 2 aliphatic heterocycles. The SMILES string of the molecule is CN(C)CCC(=O)N1CC2(C1)OCC[C@@H]2CCOc1cccnc1. The Hall–Kier alpha value is -1.66. The molecule has 1 amide bonds. The highest BCUT2D eigenvalue weighted by Gasteiger charge is 2.53. The lowest BCUT2D eigenvalue weighted by atomic mass is 9.79. The zero-order chi connectivity index (χ0) is 17.0. The van der Waals surface area contributed by atoms with Crippen LogP contribution in [0.3, 0.4) is 0 Å². The van der Waals surface area contributed by atoms with Gasteiger partial charge in [0.15, 0.2) is 0 Å². The van der Waals surface area contributed by atoms with Crippen LogP contribution >= 0.6 is 0 Å². The molecular weight excluding hydrogens is 306 g/mol. The molecule has 1 aromatic heterocycles. The first kappa shape index (κ1) is 17.2. The van der Waals surface area contributed by atoms with Gasteiger partial charge in [0.2, 0.25) is 5.91 Å². The molecule has 0 N–H and O–H groups in total. The van der Waals surface area contributed by atoms with E-state index in [0.717, 1.165) is 44.8 Å². The van der Waals surface area contributed by atoms with Crippen LogP contribution in [0.15, 0.2) is 24.5 Å². The van der Waals surface area contributed by atoms with Crippen molar-refractivity contribution in [3.8, 4) is 5.75 Å². The van der Waals surface area contributed by atoms with Crippen molar-refractivity contribution in [3.05, 3.63) is 24.5 Å². The van der Waals surface area contributed by atoms with Crippen LogP contribution in [0.25, 0.3) is 0 Å². The summed E-state index contributed by atoms with van der Waals surface area (Å²) in [7, 11) is 3.98. The number of carbonyl (C=O) groups is 1. The molecule has 0 bridgehead atoms. The van der Waals surface area contributed by atoms with Gasteiger partial charge in [0.05, 0.1) is 25.9 Å². The first-order chi connectivity index (χ1) is 11.6. The molecular formula is C18H27N3O3. The fraction of sp³-hybridized carbons (Fsp3) is 0.667. The van der Waals surface area contributed by atoms with Crippen molar-refractivity contribution in [2.45, 2.75) is 24.9 Å². The topological polar surface area (TPSA) is 54.9 Å². The fourth-order valence-corrected chi connectivity index (χ4v) is 3.55. The minimum Gasteiger partial charge on any atom is -0.492 e. The summed E-state index contributed by atoms with van der Waals surface area (Å²) in [4.78, 5) is 20.2. The number of hydrogen-bond donors (Lipinski definition) is 0. The van der Waals surface area contributed by atoms with E-state index in [1.807, 2.05) is 36.0 Å². The second kappa shape index (κ2) is 7.49. The quantitative estimate of drug-likeness (QED) is 0.755. The standard InChI is InChI=1S/C18H27N3O3/c1-20(2)9-5-17(22)21-13-18(14-21)15(7-11-24-18)6-10-23-16-4-3-8-19-12-16/h3-4,8,12,15H,5-7,9-11,13-14H2,1-2H3/t15-/m0/s1. The van der Waals surface area contributed by atoms with E-state index in [2.05, 4.69) is 4.98 Å². The van der Waals surface area contributed by atoms with Gasteiger partial charge in [0, 0.05) is 25.8 Å². The van der Waals surface area contributed by atoms with Gasteiger partial charge in [-0.1, -0.05) is 0 Å². The van der Waals surface area contributed by atoms with E-state index < -0.39 is 0 Å². The molecule has 2 aliphatic rings. The Morgan fingerprint density at radius 2 is 2.33 bits per heavy atom. The summed E-state index contributed by atoms with van der Waals surface area (Å²) in [5.41, 5.74) is -0.133. The number of amides is 1. The maximum atomic E-state index is 12.2. The monoisotopic (exact) mass is 333 g/mol. The molecule has 2 saturated heterocycles. The van der Waals surface area contributed by atoms with Gasteiger partial charge in [-0.05, 0) is 45.0 Å². The molecule has 132 valence electrons. The predicted octanol–water partition coefficient (Wildman–Crippen LogP) is 1.42. The van der Waals surface area contributed by atoms with Gasteiger partial charge in [-0.15, -0.1) is 0 Å². The van der Waals surface area contributed by atoms with E-state index >= 15 is 0 Å². The molecule has 0 aromatic carbocycles. The Balaban J connectivity index is 1.44. The summed E-state index contributed by atoms with van der Waals surface area (Å²) in [6.45, 7) is 3.71. The lowest BCUT2D eigenvalue weighted by molar-refractivity contribution is -0.166. The molecule has 0 aliphatic carbocycles. The number of ether oxygens (including phenoxy) is 2. The summed E-state index contributed by atoms with van der Waals surface area (Å²) in [5, 5.41) is 0. The van der Waals surface area contributed by atoms with E-state index in [1.165, 1.54) is 0 Å². The van der Waals surface area contributed by atoms with Crippen molar-refractivity contribution < 1.29 is 14.3 Å². The van der Waals surface area contributed by atoms with Crippen LogP contribution in [0.4, 0.5) is 0 Å². The van der Waals surface area contributed by atoms with Crippen molar-refractivity contribution in [2.24, 2.45) is 5.92 Å². The van der Waals surface area contributed by atoms with E-state index in [0.29, 0.717) is 18.9 Å². The minimum absolute atomic E-state index is 0.133. The molecule has 6 nitrogen and oxygen atoms in total. The van der Waals surface area contributed by atoms with Crippen LogP contribution in [0.1, 0.15) is 19.3 Å². The van der Waals surface area contributed by atoms with Gasteiger partial charge in [-0.3, -0.25) is 9.78 Å². The molecule has 0 saturated carbocycles. The average molecular weight is 333 g/mol. The van der Waals surface area contributed by atoms with Crippen LogP contribution in [0, 0.1) is 5.92 Å². The smallest absolute Gasteiger partial charge is 0.224 e. The Bertz CT molecular complexity index is 544. The Morgan fingerprint density at radius 1 is 1.50 bits per heavy atom. The van der Waals surface area contributed by atoms with Crippen LogP contribution < -0.4 is 4.74 Å². The molecule has 0 unspecified atom stereocenters. The first-order valence-electron chi connectivity index (χ1n) is 8.68. The molecule has 2 fully saturated rings. The molecule has 24 heavy (non-hydrogen) atoms. The Labute approximate surface area is 143 Å². The third-order valence-corrected chi connectivity index (χ3v) is 5.01. The number of likely N-dealkylation sites (tertiary alicyclic amines) is 1.